The third-order valence-electron chi connectivity index (χ3n) is 7.62. The van der Waals surface area contributed by atoms with Crippen LogP contribution in [0.15, 0.2) is 24.3 Å². The lowest BCUT2D eigenvalue weighted by Gasteiger charge is -2.57. The molecule has 2 bridgehead atoms. The predicted octanol–water partition coefficient (Wildman–Crippen LogP) is 4.56. The van der Waals surface area contributed by atoms with Crippen LogP contribution in [0.4, 0.5) is 5.82 Å². The molecule has 160 valence electrons. The minimum absolute atomic E-state index is 0.392. The SMILES string of the molecule is CCC[C@H]1[C@H]2C[C@H](CN(c3cc(C)c4cccc(OC)c4n3)C2)[C@@H]2CCCC(=O)N21. The van der Waals surface area contributed by atoms with Gasteiger partial charge >= 0.3 is 0 Å². The van der Waals surface area contributed by atoms with E-state index in [0.717, 1.165) is 67.7 Å². The number of carbonyl (C=O) groups excluding carboxylic acids is 1. The van der Waals surface area contributed by atoms with Crippen molar-refractivity contribution in [1.29, 1.82) is 0 Å². The summed E-state index contributed by atoms with van der Waals surface area (Å²) in [6.07, 6.45) is 6.45. The average molecular weight is 408 g/mol. The van der Waals surface area contributed by atoms with E-state index < -0.39 is 0 Å². The predicted molar refractivity (Wildman–Crippen MR) is 120 cm³/mol. The summed E-state index contributed by atoms with van der Waals surface area (Å²) < 4.78 is 5.61. The Labute approximate surface area is 179 Å². The molecule has 4 heterocycles. The fourth-order valence-corrected chi connectivity index (χ4v) is 6.33. The number of rotatable bonds is 4. The molecule has 0 saturated carbocycles. The number of nitrogens with zero attached hydrogens (tertiary/aromatic N) is 3. The van der Waals surface area contributed by atoms with Gasteiger partial charge in [0.2, 0.25) is 5.91 Å². The molecule has 2 aromatic rings. The molecule has 0 aliphatic carbocycles. The molecule has 0 unspecified atom stereocenters. The zero-order valence-corrected chi connectivity index (χ0v) is 18.4. The fraction of sp³-hybridized carbons (Fsp3) is 0.600. The largest absolute Gasteiger partial charge is 0.494 e. The number of aromatic nitrogens is 1. The van der Waals surface area contributed by atoms with E-state index in [1.165, 1.54) is 12.0 Å². The van der Waals surface area contributed by atoms with Crippen LogP contribution < -0.4 is 9.64 Å². The number of hydrogen-bond donors (Lipinski definition) is 0. The summed E-state index contributed by atoms with van der Waals surface area (Å²) in [6.45, 7) is 6.40. The van der Waals surface area contributed by atoms with Crippen molar-refractivity contribution in [1.82, 2.24) is 9.88 Å². The van der Waals surface area contributed by atoms with Crippen LogP contribution in [-0.2, 0) is 4.79 Å². The van der Waals surface area contributed by atoms with E-state index in [1.54, 1.807) is 7.11 Å². The molecule has 30 heavy (non-hydrogen) atoms. The average Bonchev–Trinajstić information content (AvgIpc) is 2.76. The highest BCUT2D eigenvalue weighted by molar-refractivity contribution is 5.89. The number of para-hydroxylation sites is 1. The van der Waals surface area contributed by atoms with E-state index >= 15 is 0 Å². The van der Waals surface area contributed by atoms with E-state index in [4.69, 9.17) is 9.72 Å². The van der Waals surface area contributed by atoms with Crippen LogP contribution in [0.2, 0.25) is 0 Å². The summed E-state index contributed by atoms with van der Waals surface area (Å²) in [6, 6.07) is 9.19. The lowest BCUT2D eigenvalue weighted by Crippen LogP contribution is -2.65. The number of anilines is 1. The summed E-state index contributed by atoms with van der Waals surface area (Å²) in [5.74, 6) is 3.39. The molecule has 0 spiro atoms. The summed E-state index contributed by atoms with van der Waals surface area (Å²) in [5.41, 5.74) is 2.19. The molecule has 1 aromatic heterocycles. The number of amides is 1. The molecule has 0 radical (unpaired) electrons. The van der Waals surface area contributed by atoms with Gasteiger partial charge in [-0.1, -0.05) is 25.5 Å². The monoisotopic (exact) mass is 407 g/mol. The van der Waals surface area contributed by atoms with E-state index in [-0.39, 0.29) is 0 Å². The number of hydrogen-bond acceptors (Lipinski definition) is 4. The van der Waals surface area contributed by atoms with Gasteiger partial charge in [-0.05, 0) is 62.1 Å². The van der Waals surface area contributed by atoms with Crippen molar-refractivity contribution in [2.75, 3.05) is 25.1 Å². The Morgan fingerprint density at radius 2 is 2.07 bits per heavy atom. The van der Waals surface area contributed by atoms with Crippen molar-refractivity contribution in [2.45, 2.75) is 64.5 Å². The molecule has 3 fully saturated rings. The number of ether oxygens (including phenoxy) is 1. The van der Waals surface area contributed by atoms with Gasteiger partial charge in [0.15, 0.2) is 0 Å². The van der Waals surface area contributed by atoms with Gasteiger partial charge in [-0.15, -0.1) is 0 Å². The number of methoxy groups -OCH3 is 1. The standard InChI is InChI=1S/C25H33N3O2/c1-4-7-20-17-13-18(21-9-6-11-24(29)28(20)21)15-27(14-17)23-12-16(2)19-8-5-10-22(30-3)25(19)26-23/h5,8,10,12,17-18,20-21H,4,6-7,9,11,13-15H2,1-3H3/t17-,18+,20-,21-/m0/s1. The molecule has 5 rings (SSSR count). The zero-order chi connectivity index (χ0) is 20.8. The van der Waals surface area contributed by atoms with Gasteiger partial charge in [-0.2, -0.15) is 0 Å². The Morgan fingerprint density at radius 3 is 2.87 bits per heavy atom. The number of carbonyl (C=O) groups is 1. The molecule has 3 aliphatic heterocycles. The van der Waals surface area contributed by atoms with Crippen molar-refractivity contribution in [3.05, 3.63) is 29.8 Å². The van der Waals surface area contributed by atoms with Gasteiger partial charge in [0, 0.05) is 37.0 Å². The second-order valence-corrected chi connectivity index (χ2v) is 9.43. The molecule has 1 amide bonds. The zero-order valence-electron chi connectivity index (χ0n) is 18.4. The van der Waals surface area contributed by atoms with Gasteiger partial charge in [0.05, 0.1) is 7.11 Å². The van der Waals surface area contributed by atoms with Crippen molar-refractivity contribution in [2.24, 2.45) is 11.8 Å². The highest BCUT2D eigenvalue weighted by Crippen LogP contribution is 2.44. The Morgan fingerprint density at radius 1 is 1.23 bits per heavy atom. The number of piperidine rings is 3. The Bertz CT molecular complexity index is 959. The first kappa shape index (κ1) is 19.7. The molecule has 1 aromatic carbocycles. The lowest BCUT2D eigenvalue weighted by molar-refractivity contribution is -0.149. The smallest absolute Gasteiger partial charge is 0.223 e. The van der Waals surface area contributed by atoms with E-state index in [9.17, 15) is 4.79 Å². The second-order valence-electron chi connectivity index (χ2n) is 9.43. The van der Waals surface area contributed by atoms with Gasteiger partial charge in [0.1, 0.15) is 17.1 Å². The molecular formula is C25H33N3O2. The topological polar surface area (TPSA) is 45.7 Å². The summed E-state index contributed by atoms with van der Waals surface area (Å²) in [5, 5.41) is 1.16. The second kappa shape index (κ2) is 7.75. The first-order valence-electron chi connectivity index (χ1n) is 11.6. The van der Waals surface area contributed by atoms with Crippen LogP contribution >= 0.6 is 0 Å². The number of fused-ring (bicyclic) bond motifs is 5. The summed E-state index contributed by atoms with van der Waals surface area (Å²) in [4.78, 5) is 22.7. The highest BCUT2D eigenvalue weighted by Gasteiger charge is 2.49. The van der Waals surface area contributed by atoms with Crippen LogP contribution in [0.1, 0.15) is 51.0 Å². The van der Waals surface area contributed by atoms with Gasteiger partial charge in [-0.25, -0.2) is 4.98 Å². The number of benzene rings is 1. The van der Waals surface area contributed by atoms with Crippen LogP contribution in [0, 0.1) is 18.8 Å². The van der Waals surface area contributed by atoms with Crippen LogP contribution in [-0.4, -0.2) is 48.1 Å². The highest BCUT2D eigenvalue weighted by atomic mass is 16.5. The summed E-state index contributed by atoms with van der Waals surface area (Å²) >= 11 is 0. The molecule has 0 N–H and O–H groups in total. The third kappa shape index (κ3) is 3.14. The Balaban J connectivity index is 1.51. The quantitative estimate of drug-likeness (QED) is 0.745. The van der Waals surface area contributed by atoms with Crippen LogP contribution in [0.25, 0.3) is 10.9 Å². The molecule has 5 heteroatoms. The lowest BCUT2D eigenvalue weighted by atomic mass is 9.71. The van der Waals surface area contributed by atoms with Gasteiger partial charge in [0.25, 0.3) is 0 Å². The Kier molecular flexibility index (Phi) is 5.08. The first-order chi connectivity index (χ1) is 14.6. The molecule has 4 atom stereocenters. The van der Waals surface area contributed by atoms with Crippen molar-refractivity contribution < 1.29 is 9.53 Å². The fourth-order valence-electron chi connectivity index (χ4n) is 6.33. The van der Waals surface area contributed by atoms with Crippen LogP contribution in [0.5, 0.6) is 5.75 Å². The molecule has 3 aliphatic rings. The van der Waals surface area contributed by atoms with E-state index in [0.29, 0.717) is 29.8 Å². The minimum atomic E-state index is 0.392. The normalized spacial score (nSPS) is 28.6. The number of pyridine rings is 1. The molecule has 3 saturated heterocycles. The maximum atomic E-state index is 12.8. The van der Waals surface area contributed by atoms with E-state index in [1.807, 2.05) is 12.1 Å². The Hall–Kier alpha value is -2.30. The summed E-state index contributed by atoms with van der Waals surface area (Å²) in [7, 11) is 1.72. The van der Waals surface area contributed by atoms with Crippen molar-refractivity contribution >= 4 is 22.6 Å². The minimum Gasteiger partial charge on any atom is -0.494 e. The van der Waals surface area contributed by atoms with Gasteiger partial charge in [-0.3, -0.25) is 4.79 Å². The molecule has 5 nitrogen and oxygen atoms in total. The maximum absolute atomic E-state index is 12.8. The van der Waals surface area contributed by atoms with Gasteiger partial charge < -0.3 is 14.5 Å². The van der Waals surface area contributed by atoms with E-state index in [2.05, 4.69) is 35.8 Å². The van der Waals surface area contributed by atoms with Crippen LogP contribution in [0.3, 0.4) is 0 Å². The maximum Gasteiger partial charge on any atom is 0.223 e. The third-order valence-corrected chi connectivity index (χ3v) is 7.62. The first-order valence-corrected chi connectivity index (χ1v) is 11.6. The van der Waals surface area contributed by atoms with Crippen molar-refractivity contribution in [3.8, 4) is 5.75 Å². The number of aryl methyl sites for hydroxylation is 1. The molecular weight excluding hydrogens is 374 g/mol. The van der Waals surface area contributed by atoms with Crippen molar-refractivity contribution in [3.63, 3.8) is 0 Å².